The third kappa shape index (κ3) is 4.62. The molecule has 8 nitrogen and oxygen atoms in total. The van der Waals surface area contributed by atoms with Gasteiger partial charge in [-0.05, 0) is 44.4 Å². The molecule has 2 aromatic rings. The molecule has 28 heavy (non-hydrogen) atoms. The number of carbonyl (C=O) groups is 1. The van der Waals surface area contributed by atoms with Crippen LogP contribution >= 0.6 is 0 Å². The first kappa shape index (κ1) is 20.5. The largest absolute Gasteiger partial charge is 0.479 e. The average molecular weight is 389 g/mol. The summed E-state index contributed by atoms with van der Waals surface area (Å²) in [5.41, 5.74) is 3.96. The SMILES string of the molecule is COc1nn(C)c2nc(C)c(CCC(=O)NCCCN3CCNCC3)c(C)c12. The number of hydrogen-bond acceptors (Lipinski definition) is 6. The number of carbonyl (C=O) groups excluding carboxylic acids is 1. The summed E-state index contributed by atoms with van der Waals surface area (Å²) in [6.45, 7) is 10.1. The summed E-state index contributed by atoms with van der Waals surface area (Å²) in [6, 6.07) is 0. The van der Waals surface area contributed by atoms with Crippen LogP contribution in [0.4, 0.5) is 0 Å². The highest BCUT2D eigenvalue weighted by atomic mass is 16.5. The number of nitrogens with zero attached hydrogens (tertiary/aromatic N) is 4. The number of aromatic nitrogens is 3. The fourth-order valence-corrected chi connectivity index (χ4v) is 3.90. The molecule has 3 heterocycles. The van der Waals surface area contributed by atoms with Crippen LogP contribution < -0.4 is 15.4 Å². The van der Waals surface area contributed by atoms with Gasteiger partial charge >= 0.3 is 0 Å². The molecule has 0 aromatic carbocycles. The van der Waals surface area contributed by atoms with Crippen LogP contribution in [0.3, 0.4) is 0 Å². The van der Waals surface area contributed by atoms with Gasteiger partial charge in [0.05, 0.1) is 12.5 Å². The van der Waals surface area contributed by atoms with Crippen molar-refractivity contribution in [3.63, 3.8) is 0 Å². The van der Waals surface area contributed by atoms with E-state index < -0.39 is 0 Å². The standard InChI is InChI=1S/C20H32N6O2/c1-14-16(15(2)23-19-18(14)20(28-4)24-25(19)3)6-7-17(27)22-8-5-11-26-12-9-21-10-13-26/h21H,5-13H2,1-4H3,(H,22,27). The summed E-state index contributed by atoms with van der Waals surface area (Å²) in [5, 5.41) is 11.7. The zero-order valence-corrected chi connectivity index (χ0v) is 17.5. The fraction of sp³-hybridized carbons (Fsp3) is 0.650. The van der Waals surface area contributed by atoms with E-state index in [1.807, 2.05) is 14.0 Å². The van der Waals surface area contributed by atoms with Gasteiger partial charge < -0.3 is 20.3 Å². The van der Waals surface area contributed by atoms with E-state index in [1.165, 1.54) is 0 Å². The van der Waals surface area contributed by atoms with Gasteiger partial charge in [0.1, 0.15) is 0 Å². The number of hydrogen-bond donors (Lipinski definition) is 2. The van der Waals surface area contributed by atoms with E-state index in [4.69, 9.17) is 4.74 Å². The molecule has 0 aliphatic carbocycles. The lowest BCUT2D eigenvalue weighted by Gasteiger charge is -2.27. The fourth-order valence-electron chi connectivity index (χ4n) is 3.90. The van der Waals surface area contributed by atoms with Crippen molar-refractivity contribution in [2.75, 3.05) is 46.4 Å². The maximum atomic E-state index is 12.3. The van der Waals surface area contributed by atoms with E-state index in [-0.39, 0.29) is 5.91 Å². The van der Waals surface area contributed by atoms with Gasteiger partial charge in [0.15, 0.2) is 5.65 Å². The molecule has 2 aromatic heterocycles. The summed E-state index contributed by atoms with van der Waals surface area (Å²) in [6.07, 6.45) is 2.12. The van der Waals surface area contributed by atoms with E-state index in [1.54, 1.807) is 11.8 Å². The van der Waals surface area contributed by atoms with E-state index in [0.717, 1.165) is 73.5 Å². The Morgan fingerprint density at radius 3 is 2.75 bits per heavy atom. The number of methoxy groups -OCH3 is 1. The maximum Gasteiger partial charge on any atom is 0.242 e. The van der Waals surface area contributed by atoms with Crippen molar-refractivity contribution in [1.82, 2.24) is 30.3 Å². The smallest absolute Gasteiger partial charge is 0.242 e. The molecule has 0 bridgehead atoms. The Kier molecular flexibility index (Phi) is 6.85. The molecule has 0 radical (unpaired) electrons. The number of aryl methyl sites for hydroxylation is 3. The van der Waals surface area contributed by atoms with Gasteiger partial charge in [-0.15, -0.1) is 5.10 Å². The van der Waals surface area contributed by atoms with Gasteiger partial charge in [0.25, 0.3) is 0 Å². The number of piperazine rings is 1. The normalized spacial score (nSPS) is 15.1. The molecule has 0 unspecified atom stereocenters. The number of nitrogens with one attached hydrogen (secondary N) is 2. The van der Waals surface area contributed by atoms with E-state index in [2.05, 4.69) is 32.5 Å². The molecule has 1 amide bonds. The third-order valence-corrected chi connectivity index (χ3v) is 5.50. The zero-order chi connectivity index (χ0) is 20.1. The van der Waals surface area contributed by atoms with Gasteiger partial charge in [0.2, 0.25) is 11.8 Å². The molecule has 0 spiro atoms. The second-order valence-corrected chi connectivity index (χ2v) is 7.43. The van der Waals surface area contributed by atoms with Crippen molar-refractivity contribution in [2.24, 2.45) is 7.05 Å². The number of amides is 1. The lowest BCUT2D eigenvalue weighted by molar-refractivity contribution is -0.121. The Morgan fingerprint density at radius 1 is 1.29 bits per heavy atom. The van der Waals surface area contributed by atoms with Gasteiger partial charge in [-0.2, -0.15) is 0 Å². The predicted octanol–water partition coefficient (Wildman–Crippen LogP) is 0.938. The summed E-state index contributed by atoms with van der Waals surface area (Å²) >= 11 is 0. The molecule has 8 heteroatoms. The van der Waals surface area contributed by atoms with Gasteiger partial charge in [-0.25, -0.2) is 9.67 Å². The van der Waals surface area contributed by atoms with Gasteiger partial charge in [0, 0.05) is 51.9 Å². The molecule has 0 saturated carbocycles. The van der Waals surface area contributed by atoms with Crippen LogP contribution in [0.15, 0.2) is 0 Å². The topological polar surface area (TPSA) is 84.3 Å². The van der Waals surface area contributed by atoms with Crippen LogP contribution in [0.25, 0.3) is 11.0 Å². The number of fused-ring (bicyclic) bond motifs is 1. The Labute approximate surface area is 166 Å². The lowest BCUT2D eigenvalue weighted by Crippen LogP contribution is -2.44. The van der Waals surface area contributed by atoms with Crippen molar-refractivity contribution < 1.29 is 9.53 Å². The van der Waals surface area contributed by atoms with E-state index in [0.29, 0.717) is 18.7 Å². The van der Waals surface area contributed by atoms with Crippen LogP contribution in [0.1, 0.15) is 29.7 Å². The Bertz CT molecular complexity index is 826. The molecule has 154 valence electrons. The molecular formula is C20H32N6O2. The number of pyridine rings is 1. The van der Waals surface area contributed by atoms with Crippen molar-refractivity contribution in [3.8, 4) is 5.88 Å². The Morgan fingerprint density at radius 2 is 2.04 bits per heavy atom. The van der Waals surface area contributed by atoms with Crippen molar-refractivity contribution in [3.05, 3.63) is 16.8 Å². The molecule has 2 N–H and O–H groups in total. The molecular weight excluding hydrogens is 356 g/mol. The Hall–Kier alpha value is -2.19. The van der Waals surface area contributed by atoms with Crippen LogP contribution in [0, 0.1) is 13.8 Å². The van der Waals surface area contributed by atoms with Gasteiger partial charge in [-0.1, -0.05) is 0 Å². The molecule has 3 rings (SSSR count). The minimum Gasteiger partial charge on any atom is -0.479 e. The van der Waals surface area contributed by atoms with Crippen molar-refractivity contribution >= 4 is 16.9 Å². The van der Waals surface area contributed by atoms with Crippen molar-refractivity contribution in [2.45, 2.75) is 33.1 Å². The zero-order valence-electron chi connectivity index (χ0n) is 17.5. The second-order valence-electron chi connectivity index (χ2n) is 7.43. The molecule has 1 aliphatic rings. The van der Waals surface area contributed by atoms with Crippen LogP contribution in [0.5, 0.6) is 5.88 Å². The number of rotatable bonds is 8. The summed E-state index contributed by atoms with van der Waals surface area (Å²) < 4.78 is 7.15. The molecule has 0 atom stereocenters. The van der Waals surface area contributed by atoms with E-state index >= 15 is 0 Å². The highest BCUT2D eigenvalue weighted by molar-refractivity contribution is 5.86. The molecule has 1 aliphatic heterocycles. The molecule has 1 saturated heterocycles. The lowest BCUT2D eigenvalue weighted by atomic mass is 10.00. The van der Waals surface area contributed by atoms with E-state index in [9.17, 15) is 4.79 Å². The van der Waals surface area contributed by atoms with Crippen molar-refractivity contribution in [1.29, 1.82) is 0 Å². The van der Waals surface area contributed by atoms with Crippen LogP contribution in [-0.2, 0) is 18.3 Å². The summed E-state index contributed by atoms with van der Waals surface area (Å²) in [4.78, 5) is 19.4. The predicted molar refractivity (Wildman–Crippen MR) is 110 cm³/mol. The van der Waals surface area contributed by atoms with Crippen LogP contribution in [-0.4, -0.2) is 71.9 Å². The molecule has 1 fully saturated rings. The summed E-state index contributed by atoms with van der Waals surface area (Å²) in [5.74, 6) is 0.679. The first-order valence-electron chi connectivity index (χ1n) is 10.1. The van der Waals surface area contributed by atoms with Gasteiger partial charge in [-0.3, -0.25) is 4.79 Å². The maximum absolute atomic E-state index is 12.3. The average Bonchev–Trinajstić information content (AvgIpc) is 3.01. The highest BCUT2D eigenvalue weighted by Gasteiger charge is 2.18. The highest BCUT2D eigenvalue weighted by Crippen LogP contribution is 2.30. The monoisotopic (exact) mass is 388 g/mol. The minimum absolute atomic E-state index is 0.0948. The quantitative estimate of drug-likeness (QED) is 0.655. The third-order valence-electron chi connectivity index (χ3n) is 5.50. The first-order valence-corrected chi connectivity index (χ1v) is 10.1. The Balaban J connectivity index is 1.53. The van der Waals surface area contributed by atoms with Crippen LogP contribution in [0.2, 0.25) is 0 Å². The summed E-state index contributed by atoms with van der Waals surface area (Å²) in [7, 11) is 3.48. The first-order chi connectivity index (χ1) is 13.5. The minimum atomic E-state index is 0.0948. The number of ether oxygens (including phenoxy) is 1. The second kappa shape index (κ2) is 9.34.